The van der Waals surface area contributed by atoms with Gasteiger partial charge in [-0.15, -0.1) is 0 Å². The molecule has 0 amide bonds. The van der Waals surface area contributed by atoms with Gasteiger partial charge in [-0.25, -0.2) is 0 Å². The molecule has 0 saturated heterocycles. The van der Waals surface area contributed by atoms with Crippen LogP contribution in [0.4, 0.5) is 11.4 Å². The number of anilines is 1. The Kier molecular flexibility index (Phi) is 4.92. The Balaban J connectivity index is 2.23. The van der Waals surface area contributed by atoms with Crippen LogP contribution in [0.3, 0.4) is 0 Å². The van der Waals surface area contributed by atoms with E-state index >= 15 is 0 Å². The van der Waals surface area contributed by atoms with E-state index in [0.29, 0.717) is 28.8 Å². The van der Waals surface area contributed by atoms with Crippen LogP contribution in [0.5, 0.6) is 0 Å². The predicted molar refractivity (Wildman–Crippen MR) is 90.7 cm³/mol. The standard InChI is InChI=1S/C15H16Cl2N2O3/c1-19(2,5-6-20)13-12(14(21)15(13)22)18-8-9-3-4-10(16)7-11(9)17/h3-4,7,20H,5-6,8H2,1-2H3/p+1. The molecule has 2 aromatic rings. The first-order valence-electron chi connectivity index (χ1n) is 6.73. The molecule has 0 spiro atoms. The molecule has 0 atom stereocenters. The molecule has 22 heavy (non-hydrogen) atoms. The van der Waals surface area contributed by atoms with E-state index in [1.165, 1.54) is 0 Å². The van der Waals surface area contributed by atoms with Crippen LogP contribution in [0.25, 0.3) is 0 Å². The second-order valence-electron chi connectivity index (χ2n) is 5.60. The zero-order valence-electron chi connectivity index (χ0n) is 12.3. The van der Waals surface area contributed by atoms with Crippen molar-refractivity contribution < 1.29 is 5.11 Å². The monoisotopic (exact) mass is 343 g/mol. The van der Waals surface area contributed by atoms with E-state index < -0.39 is 10.9 Å². The molecule has 0 bridgehead atoms. The fourth-order valence-electron chi connectivity index (χ4n) is 2.33. The molecule has 0 heterocycles. The van der Waals surface area contributed by atoms with Crippen molar-refractivity contribution >= 4 is 34.6 Å². The number of hydrogen-bond donors (Lipinski definition) is 2. The Labute approximate surface area is 138 Å². The minimum absolute atomic E-state index is 0.0751. The van der Waals surface area contributed by atoms with Gasteiger partial charge in [-0.2, -0.15) is 0 Å². The SMILES string of the molecule is C[N+](C)(CCO)c1c(NCc2ccc(Cl)cc2Cl)c(=O)c1=O. The van der Waals surface area contributed by atoms with E-state index in [9.17, 15) is 9.59 Å². The van der Waals surface area contributed by atoms with Crippen molar-refractivity contribution in [1.29, 1.82) is 0 Å². The van der Waals surface area contributed by atoms with Gasteiger partial charge in [0.15, 0.2) is 5.69 Å². The molecule has 0 fully saturated rings. The molecule has 118 valence electrons. The summed E-state index contributed by atoms with van der Waals surface area (Å²) in [6.45, 7) is 0.586. The molecule has 2 N–H and O–H groups in total. The molecule has 0 aliphatic carbocycles. The fourth-order valence-corrected chi connectivity index (χ4v) is 2.81. The lowest BCUT2D eigenvalue weighted by Gasteiger charge is -2.30. The van der Waals surface area contributed by atoms with E-state index in [-0.39, 0.29) is 16.8 Å². The maximum absolute atomic E-state index is 11.8. The summed E-state index contributed by atoms with van der Waals surface area (Å²) >= 11 is 11.9. The molecule has 2 rings (SSSR count). The number of likely N-dealkylation sites (N-methyl/N-ethyl adjacent to an activating group) is 1. The lowest BCUT2D eigenvalue weighted by Crippen LogP contribution is -2.52. The fraction of sp³-hybridized carbons (Fsp3) is 0.333. The average molecular weight is 344 g/mol. The number of rotatable bonds is 6. The largest absolute Gasteiger partial charge is 0.390 e. The number of benzene rings is 1. The summed E-state index contributed by atoms with van der Waals surface area (Å²) in [5.74, 6) is 0. The molecular weight excluding hydrogens is 327 g/mol. The number of quaternary nitrogens is 1. The molecule has 0 aliphatic heterocycles. The molecule has 0 radical (unpaired) electrons. The first-order chi connectivity index (χ1) is 10.3. The van der Waals surface area contributed by atoms with Crippen molar-refractivity contribution in [2.24, 2.45) is 0 Å². The Morgan fingerprint density at radius 1 is 1.18 bits per heavy atom. The van der Waals surface area contributed by atoms with Gasteiger partial charge in [0, 0.05) is 16.6 Å². The second-order valence-corrected chi connectivity index (χ2v) is 6.45. The molecule has 0 aliphatic rings. The third-order valence-electron chi connectivity index (χ3n) is 3.62. The van der Waals surface area contributed by atoms with Crippen LogP contribution in [0.15, 0.2) is 27.8 Å². The van der Waals surface area contributed by atoms with E-state index in [1.807, 2.05) is 0 Å². The maximum atomic E-state index is 11.8. The van der Waals surface area contributed by atoms with Gasteiger partial charge in [0.2, 0.25) is 5.69 Å². The predicted octanol–water partition coefficient (Wildman–Crippen LogP) is 1.76. The summed E-state index contributed by atoms with van der Waals surface area (Å²) in [7, 11) is 3.54. The Bertz CT molecular complexity index is 765. The Morgan fingerprint density at radius 2 is 1.86 bits per heavy atom. The molecule has 5 nitrogen and oxygen atoms in total. The average Bonchev–Trinajstić information content (AvgIpc) is 2.43. The van der Waals surface area contributed by atoms with E-state index in [4.69, 9.17) is 28.3 Å². The quantitative estimate of drug-likeness (QED) is 0.619. The summed E-state index contributed by atoms with van der Waals surface area (Å²) in [6, 6.07) is 5.09. The highest BCUT2D eigenvalue weighted by molar-refractivity contribution is 6.35. The summed E-state index contributed by atoms with van der Waals surface area (Å²) in [5.41, 5.74) is 0.392. The van der Waals surface area contributed by atoms with Gasteiger partial charge in [-0.1, -0.05) is 29.3 Å². The van der Waals surface area contributed by atoms with Gasteiger partial charge in [0.1, 0.15) is 6.54 Å². The summed E-state index contributed by atoms with van der Waals surface area (Å²) in [4.78, 5) is 23.6. The number of nitrogens with one attached hydrogen (secondary N) is 1. The number of aliphatic hydroxyl groups is 1. The van der Waals surface area contributed by atoms with Gasteiger partial charge in [0.25, 0.3) is 10.9 Å². The lowest BCUT2D eigenvalue weighted by molar-refractivity contribution is 0.241. The summed E-state index contributed by atoms with van der Waals surface area (Å²) < 4.78 is 0.151. The number of aliphatic hydroxyl groups excluding tert-OH is 1. The van der Waals surface area contributed by atoms with Gasteiger partial charge in [-0.05, 0) is 17.7 Å². The highest BCUT2D eigenvalue weighted by atomic mass is 35.5. The minimum Gasteiger partial charge on any atom is -0.390 e. The zero-order chi connectivity index (χ0) is 16.5. The van der Waals surface area contributed by atoms with Crippen LogP contribution in [0.1, 0.15) is 5.56 Å². The second kappa shape index (κ2) is 6.38. The lowest BCUT2D eigenvalue weighted by atomic mass is 10.1. The maximum Gasteiger partial charge on any atom is 0.290 e. The van der Waals surface area contributed by atoms with Crippen LogP contribution >= 0.6 is 23.2 Å². The minimum atomic E-state index is -0.538. The zero-order valence-corrected chi connectivity index (χ0v) is 13.8. The Morgan fingerprint density at radius 3 is 2.45 bits per heavy atom. The summed E-state index contributed by atoms with van der Waals surface area (Å²) in [6.07, 6.45) is 0. The molecule has 0 saturated carbocycles. The van der Waals surface area contributed by atoms with Crippen molar-refractivity contribution in [2.45, 2.75) is 6.54 Å². The smallest absolute Gasteiger partial charge is 0.290 e. The third-order valence-corrected chi connectivity index (χ3v) is 4.21. The van der Waals surface area contributed by atoms with Crippen molar-refractivity contribution in [3.8, 4) is 0 Å². The van der Waals surface area contributed by atoms with Crippen LogP contribution < -0.4 is 20.7 Å². The van der Waals surface area contributed by atoms with E-state index in [2.05, 4.69) is 5.32 Å². The third kappa shape index (κ3) is 3.17. The highest BCUT2D eigenvalue weighted by Crippen LogP contribution is 2.26. The van der Waals surface area contributed by atoms with E-state index in [0.717, 1.165) is 5.56 Å². The molecule has 0 aromatic heterocycles. The van der Waals surface area contributed by atoms with Gasteiger partial charge >= 0.3 is 0 Å². The molecular formula is C15H17Cl2N2O3+. The van der Waals surface area contributed by atoms with Crippen molar-refractivity contribution in [1.82, 2.24) is 4.48 Å². The first kappa shape index (κ1) is 17.0. The van der Waals surface area contributed by atoms with Crippen molar-refractivity contribution in [3.05, 3.63) is 54.3 Å². The van der Waals surface area contributed by atoms with Crippen LogP contribution in [0, 0.1) is 0 Å². The van der Waals surface area contributed by atoms with Crippen molar-refractivity contribution in [3.63, 3.8) is 0 Å². The van der Waals surface area contributed by atoms with Gasteiger partial charge < -0.3 is 10.4 Å². The highest BCUT2D eigenvalue weighted by Gasteiger charge is 2.34. The Hall–Kier alpha value is -1.40. The first-order valence-corrected chi connectivity index (χ1v) is 7.49. The number of hydrogen-bond acceptors (Lipinski definition) is 4. The molecule has 0 unspecified atom stereocenters. The summed E-state index contributed by atoms with van der Waals surface area (Å²) in [5, 5.41) is 13.1. The normalized spacial score (nSPS) is 11.9. The molecule has 2 aromatic carbocycles. The van der Waals surface area contributed by atoms with Crippen LogP contribution in [-0.2, 0) is 6.54 Å². The van der Waals surface area contributed by atoms with E-state index in [1.54, 1.807) is 32.3 Å². The number of halogens is 2. The molecule has 7 heteroatoms. The van der Waals surface area contributed by atoms with Crippen LogP contribution in [-0.4, -0.2) is 32.4 Å². The van der Waals surface area contributed by atoms with Gasteiger partial charge in [-0.3, -0.25) is 14.1 Å². The number of nitrogens with zero attached hydrogens (tertiary/aromatic N) is 1. The van der Waals surface area contributed by atoms with Crippen LogP contribution in [0.2, 0.25) is 10.0 Å². The van der Waals surface area contributed by atoms with Gasteiger partial charge in [0.05, 0.1) is 20.7 Å². The topological polar surface area (TPSA) is 66.4 Å². The van der Waals surface area contributed by atoms with Crippen molar-refractivity contribution in [2.75, 3.05) is 32.6 Å².